The van der Waals surface area contributed by atoms with Gasteiger partial charge in [0, 0.05) is 40.8 Å². The number of benzene rings is 3. The monoisotopic (exact) mass is 470 g/mol. The molecule has 34 heavy (non-hydrogen) atoms. The molecular formula is C28H26N2O3S. The number of methoxy groups -OCH3 is 2. The van der Waals surface area contributed by atoms with Crippen LogP contribution in [0.3, 0.4) is 0 Å². The number of aromatic nitrogens is 1. The van der Waals surface area contributed by atoms with E-state index in [0.29, 0.717) is 18.0 Å². The fourth-order valence-electron chi connectivity index (χ4n) is 3.40. The number of ether oxygens (including phenoxy) is 2. The van der Waals surface area contributed by atoms with Crippen LogP contribution in [0.5, 0.6) is 11.5 Å². The van der Waals surface area contributed by atoms with Gasteiger partial charge in [0.1, 0.15) is 16.5 Å². The van der Waals surface area contributed by atoms with Gasteiger partial charge in [-0.1, -0.05) is 54.1 Å². The number of hydrogen-bond acceptors (Lipinski definition) is 5. The topological polar surface area (TPSA) is 60.5 Å². The summed E-state index contributed by atoms with van der Waals surface area (Å²) in [5, 5.41) is 5.97. The summed E-state index contributed by atoms with van der Waals surface area (Å²) in [6.45, 7) is 2.52. The van der Waals surface area contributed by atoms with Gasteiger partial charge in [0.2, 0.25) is 5.91 Å². The van der Waals surface area contributed by atoms with Crippen LogP contribution >= 0.6 is 11.3 Å². The van der Waals surface area contributed by atoms with Crippen LogP contribution in [0.25, 0.3) is 27.9 Å². The molecule has 0 unspecified atom stereocenters. The molecular weight excluding hydrogens is 444 g/mol. The van der Waals surface area contributed by atoms with Gasteiger partial charge in [-0.3, -0.25) is 4.79 Å². The smallest absolute Gasteiger partial charge is 0.244 e. The molecule has 6 heteroatoms. The van der Waals surface area contributed by atoms with Crippen LogP contribution in [0.15, 0.2) is 78.2 Å². The molecule has 1 aromatic heterocycles. The zero-order chi connectivity index (χ0) is 23.9. The molecule has 0 bridgehead atoms. The highest BCUT2D eigenvalue weighted by molar-refractivity contribution is 7.13. The molecule has 0 aliphatic heterocycles. The second kappa shape index (κ2) is 10.8. The minimum atomic E-state index is -0.176. The molecule has 0 atom stereocenters. The zero-order valence-electron chi connectivity index (χ0n) is 19.4. The fourth-order valence-corrected chi connectivity index (χ4v) is 4.23. The Kier molecular flexibility index (Phi) is 7.40. The molecule has 4 aromatic rings. The van der Waals surface area contributed by atoms with E-state index in [4.69, 9.17) is 14.5 Å². The standard InChI is InChI=1S/C28H26N2O3S/c1-19-4-8-21(9-5-19)25-18-34-28(30-25)23-10-6-20(7-11-23)17-29-27(31)15-13-22-12-14-24(32-2)16-26(22)33-3/h4-16,18H,17H2,1-3H3,(H,29,31)/b15-13+. The maximum absolute atomic E-state index is 12.3. The van der Waals surface area contributed by atoms with E-state index in [0.717, 1.165) is 33.0 Å². The van der Waals surface area contributed by atoms with Crippen LogP contribution in [0.1, 0.15) is 16.7 Å². The number of carbonyl (C=O) groups excluding carboxylic acids is 1. The minimum absolute atomic E-state index is 0.176. The maximum Gasteiger partial charge on any atom is 0.244 e. The molecule has 0 aliphatic rings. The third-order valence-electron chi connectivity index (χ3n) is 5.37. The van der Waals surface area contributed by atoms with Gasteiger partial charge in [-0.05, 0) is 30.7 Å². The van der Waals surface area contributed by atoms with E-state index in [1.54, 1.807) is 37.7 Å². The predicted octanol–water partition coefficient (Wildman–Crippen LogP) is 6.13. The van der Waals surface area contributed by atoms with Gasteiger partial charge < -0.3 is 14.8 Å². The van der Waals surface area contributed by atoms with Crippen LogP contribution in [-0.2, 0) is 11.3 Å². The van der Waals surface area contributed by atoms with Crippen molar-refractivity contribution in [1.29, 1.82) is 0 Å². The highest BCUT2D eigenvalue weighted by atomic mass is 32.1. The number of aryl methyl sites for hydroxylation is 1. The molecule has 172 valence electrons. The van der Waals surface area contributed by atoms with Crippen LogP contribution in [0.2, 0.25) is 0 Å². The van der Waals surface area contributed by atoms with E-state index in [1.165, 1.54) is 11.6 Å². The van der Waals surface area contributed by atoms with E-state index >= 15 is 0 Å². The summed E-state index contributed by atoms with van der Waals surface area (Å²) in [5.74, 6) is 1.17. The molecule has 1 amide bonds. The van der Waals surface area contributed by atoms with E-state index in [-0.39, 0.29) is 5.91 Å². The number of hydrogen-bond donors (Lipinski definition) is 1. The second-order valence-corrected chi connectivity index (χ2v) is 8.62. The van der Waals surface area contributed by atoms with Gasteiger partial charge in [-0.15, -0.1) is 11.3 Å². The number of nitrogens with one attached hydrogen (secondary N) is 1. The molecule has 1 heterocycles. The minimum Gasteiger partial charge on any atom is -0.497 e. The van der Waals surface area contributed by atoms with Crippen molar-refractivity contribution in [1.82, 2.24) is 10.3 Å². The second-order valence-electron chi connectivity index (χ2n) is 7.76. The lowest BCUT2D eigenvalue weighted by molar-refractivity contribution is -0.116. The fraction of sp³-hybridized carbons (Fsp3) is 0.143. The van der Waals surface area contributed by atoms with Crippen LogP contribution in [0.4, 0.5) is 0 Å². The Morgan fingerprint density at radius 3 is 2.41 bits per heavy atom. The quantitative estimate of drug-likeness (QED) is 0.315. The molecule has 3 aromatic carbocycles. The first-order chi connectivity index (χ1) is 16.6. The van der Waals surface area contributed by atoms with Crippen molar-refractivity contribution >= 4 is 23.3 Å². The SMILES string of the molecule is COc1ccc(/C=C/C(=O)NCc2ccc(-c3nc(-c4ccc(C)cc4)cs3)cc2)c(OC)c1. The van der Waals surface area contributed by atoms with Gasteiger partial charge in [0.15, 0.2) is 0 Å². The van der Waals surface area contributed by atoms with Gasteiger partial charge in [0.05, 0.1) is 19.9 Å². The first-order valence-corrected chi connectivity index (χ1v) is 11.7. The third kappa shape index (κ3) is 5.71. The Morgan fingerprint density at radius 1 is 0.971 bits per heavy atom. The lowest BCUT2D eigenvalue weighted by Gasteiger charge is -2.07. The normalized spacial score (nSPS) is 10.9. The Bertz CT molecular complexity index is 1290. The number of carbonyl (C=O) groups is 1. The van der Waals surface area contributed by atoms with Crippen molar-refractivity contribution in [3.8, 4) is 33.3 Å². The van der Waals surface area contributed by atoms with E-state index in [1.807, 2.05) is 36.4 Å². The van der Waals surface area contributed by atoms with Crippen LogP contribution in [-0.4, -0.2) is 25.1 Å². The van der Waals surface area contributed by atoms with E-state index < -0.39 is 0 Å². The van der Waals surface area contributed by atoms with Crippen molar-refractivity contribution in [3.63, 3.8) is 0 Å². The molecule has 0 saturated carbocycles. The van der Waals surface area contributed by atoms with Crippen molar-refractivity contribution < 1.29 is 14.3 Å². The van der Waals surface area contributed by atoms with Crippen molar-refractivity contribution in [2.75, 3.05) is 14.2 Å². The van der Waals surface area contributed by atoms with Crippen LogP contribution < -0.4 is 14.8 Å². The average Bonchev–Trinajstić information content (AvgIpc) is 3.37. The average molecular weight is 471 g/mol. The first kappa shape index (κ1) is 23.3. The summed E-state index contributed by atoms with van der Waals surface area (Å²) in [5.41, 5.74) is 6.21. The molecule has 0 radical (unpaired) electrons. The molecule has 5 nitrogen and oxygen atoms in total. The highest BCUT2D eigenvalue weighted by Crippen LogP contribution is 2.29. The molecule has 0 fully saturated rings. The molecule has 0 saturated heterocycles. The number of nitrogens with zero attached hydrogens (tertiary/aromatic N) is 1. The third-order valence-corrected chi connectivity index (χ3v) is 6.27. The van der Waals surface area contributed by atoms with Gasteiger partial charge in [0.25, 0.3) is 0 Å². The van der Waals surface area contributed by atoms with E-state index in [9.17, 15) is 4.79 Å². The number of thiazole rings is 1. The maximum atomic E-state index is 12.3. The van der Waals surface area contributed by atoms with E-state index in [2.05, 4.69) is 41.9 Å². The Morgan fingerprint density at radius 2 is 1.71 bits per heavy atom. The summed E-state index contributed by atoms with van der Waals surface area (Å²) in [7, 11) is 3.19. The number of amides is 1. The summed E-state index contributed by atoms with van der Waals surface area (Å²) >= 11 is 1.63. The Labute approximate surface area is 203 Å². The Hall–Kier alpha value is -3.90. The summed E-state index contributed by atoms with van der Waals surface area (Å²) in [6.07, 6.45) is 3.23. The van der Waals surface area contributed by atoms with Crippen molar-refractivity contribution in [2.24, 2.45) is 0 Å². The van der Waals surface area contributed by atoms with Gasteiger partial charge >= 0.3 is 0 Å². The zero-order valence-corrected chi connectivity index (χ0v) is 20.2. The largest absolute Gasteiger partial charge is 0.497 e. The predicted molar refractivity (Wildman–Crippen MR) is 138 cm³/mol. The summed E-state index contributed by atoms with van der Waals surface area (Å²) < 4.78 is 10.6. The lowest BCUT2D eigenvalue weighted by Crippen LogP contribution is -2.20. The molecule has 4 rings (SSSR count). The molecule has 1 N–H and O–H groups in total. The van der Waals surface area contributed by atoms with Crippen molar-refractivity contribution in [2.45, 2.75) is 13.5 Å². The lowest BCUT2D eigenvalue weighted by atomic mass is 10.1. The van der Waals surface area contributed by atoms with Gasteiger partial charge in [-0.25, -0.2) is 4.98 Å². The summed E-state index contributed by atoms with van der Waals surface area (Å²) in [6, 6.07) is 22.0. The molecule has 0 aliphatic carbocycles. The first-order valence-electron chi connectivity index (χ1n) is 10.9. The van der Waals surface area contributed by atoms with Crippen LogP contribution in [0, 0.1) is 6.92 Å². The van der Waals surface area contributed by atoms with Crippen molar-refractivity contribution in [3.05, 3.63) is 94.9 Å². The Balaban J connectivity index is 1.35. The number of rotatable bonds is 8. The van der Waals surface area contributed by atoms with Gasteiger partial charge in [-0.2, -0.15) is 0 Å². The highest BCUT2D eigenvalue weighted by Gasteiger charge is 2.07. The summed E-state index contributed by atoms with van der Waals surface area (Å²) in [4.78, 5) is 17.1. The molecule has 0 spiro atoms.